The van der Waals surface area contributed by atoms with Crippen LogP contribution in [0.1, 0.15) is 23.7 Å². The molecule has 148 valence electrons. The zero-order chi connectivity index (χ0) is 20.3. The fourth-order valence-corrected chi connectivity index (χ4v) is 2.93. The summed E-state index contributed by atoms with van der Waals surface area (Å²) in [5, 5.41) is 11.8. The molecular weight excluding hydrogens is 487 g/mol. The normalized spacial score (nSPS) is 12.2. The van der Waals surface area contributed by atoms with Crippen molar-refractivity contribution in [3.05, 3.63) is 51.4 Å². The van der Waals surface area contributed by atoms with Gasteiger partial charge >= 0.3 is 6.39 Å². The highest BCUT2D eigenvalue weighted by atomic mass is 127. The number of hydrogen-bond donors (Lipinski definition) is 3. The summed E-state index contributed by atoms with van der Waals surface area (Å²) >= 11 is 1.95. The first-order valence-electron chi connectivity index (χ1n) is 8.34. The van der Waals surface area contributed by atoms with E-state index in [0.717, 1.165) is 0 Å². The van der Waals surface area contributed by atoms with Gasteiger partial charge in [0.1, 0.15) is 11.9 Å². The van der Waals surface area contributed by atoms with Gasteiger partial charge in [-0.05, 0) is 47.2 Å². The molecule has 0 aliphatic rings. The maximum atomic E-state index is 15.0. The molecule has 3 rings (SSSR count). The molecule has 0 saturated heterocycles. The van der Waals surface area contributed by atoms with Crippen LogP contribution in [0.3, 0.4) is 0 Å². The number of carbonyl (C=O) groups is 1. The van der Waals surface area contributed by atoms with Crippen LogP contribution in [0, 0.1) is 15.2 Å². The number of halogens is 3. The van der Waals surface area contributed by atoms with E-state index < -0.39 is 23.6 Å². The number of fused-ring (bicyclic) bond motifs is 1. The van der Waals surface area contributed by atoms with Gasteiger partial charge in [0.2, 0.25) is 11.4 Å². The number of hydrogen-bond acceptors (Lipinski definition) is 5. The molecule has 1 aromatic heterocycles. The van der Waals surface area contributed by atoms with Gasteiger partial charge in [0.15, 0.2) is 0 Å². The first kappa shape index (κ1) is 20.4. The molecule has 0 fully saturated rings. The van der Waals surface area contributed by atoms with Gasteiger partial charge in [-0.3, -0.25) is 9.63 Å². The molecule has 28 heavy (non-hydrogen) atoms. The maximum Gasteiger partial charge on any atom is 0.333 e. The summed E-state index contributed by atoms with van der Waals surface area (Å²) in [4.78, 5) is 20.3. The van der Waals surface area contributed by atoms with Crippen LogP contribution in [0.15, 0.2) is 35.1 Å². The van der Waals surface area contributed by atoms with Gasteiger partial charge in [-0.15, -0.1) is 0 Å². The zero-order valence-electron chi connectivity index (χ0n) is 14.7. The number of aliphatic hydroxyl groups excluding tert-OH is 1. The van der Waals surface area contributed by atoms with Crippen LogP contribution in [-0.4, -0.2) is 23.7 Å². The van der Waals surface area contributed by atoms with E-state index in [2.05, 4.69) is 15.8 Å². The Hall–Kier alpha value is -2.31. The van der Waals surface area contributed by atoms with Crippen LogP contribution >= 0.6 is 22.6 Å². The van der Waals surface area contributed by atoms with Crippen molar-refractivity contribution in [2.75, 3.05) is 11.9 Å². The highest BCUT2D eigenvalue weighted by Gasteiger charge is 2.25. The fraction of sp³-hybridized carbons (Fsp3) is 0.222. The number of hydroxylamine groups is 1. The lowest BCUT2D eigenvalue weighted by molar-refractivity contribution is -0.355. The largest absolute Gasteiger partial charge is 0.403 e. The predicted molar refractivity (Wildman–Crippen MR) is 105 cm³/mol. The average molecular weight is 504 g/mol. The molecule has 4 N–H and O–H groups in total. The summed E-state index contributed by atoms with van der Waals surface area (Å²) in [7, 11) is 0. The third kappa shape index (κ3) is 4.23. The SMILES string of the molecule is CCC(CO)ONC(=O)c1cc2oc[nH+]c2c(F)c1Nc1ccc(I)cc1F. The van der Waals surface area contributed by atoms with E-state index in [-0.39, 0.29) is 34.6 Å². The topological polar surface area (TPSA) is 97.9 Å². The Kier molecular flexibility index (Phi) is 6.42. The second-order valence-corrected chi connectivity index (χ2v) is 7.12. The van der Waals surface area contributed by atoms with E-state index in [4.69, 9.17) is 14.4 Å². The number of amides is 1. The van der Waals surface area contributed by atoms with Crippen LogP contribution in [0.2, 0.25) is 0 Å². The third-order valence-electron chi connectivity index (χ3n) is 4.03. The second-order valence-electron chi connectivity index (χ2n) is 5.88. The van der Waals surface area contributed by atoms with Crippen LogP contribution in [0.5, 0.6) is 0 Å². The molecule has 2 aromatic carbocycles. The summed E-state index contributed by atoms with van der Waals surface area (Å²) in [6.07, 6.45) is 1.01. The Balaban J connectivity index is 2.00. The van der Waals surface area contributed by atoms with Gasteiger partial charge < -0.3 is 14.8 Å². The minimum Gasteiger partial charge on any atom is -0.403 e. The minimum atomic E-state index is -0.816. The smallest absolute Gasteiger partial charge is 0.333 e. The van der Waals surface area contributed by atoms with Crippen molar-refractivity contribution in [1.29, 1.82) is 0 Å². The summed E-state index contributed by atoms with van der Waals surface area (Å²) in [5.74, 6) is -2.20. The predicted octanol–water partition coefficient (Wildman–Crippen LogP) is 3.31. The zero-order valence-corrected chi connectivity index (χ0v) is 16.8. The number of aromatic amines is 1. The van der Waals surface area contributed by atoms with E-state index in [0.29, 0.717) is 9.99 Å². The van der Waals surface area contributed by atoms with E-state index in [1.807, 2.05) is 22.6 Å². The number of oxazole rings is 1. The number of aromatic nitrogens is 1. The molecule has 1 unspecified atom stereocenters. The Morgan fingerprint density at radius 2 is 2.18 bits per heavy atom. The third-order valence-corrected chi connectivity index (χ3v) is 4.70. The van der Waals surface area contributed by atoms with Crippen LogP contribution in [-0.2, 0) is 4.84 Å². The van der Waals surface area contributed by atoms with Crippen LogP contribution in [0.25, 0.3) is 11.1 Å². The highest BCUT2D eigenvalue weighted by molar-refractivity contribution is 14.1. The molecule has 0 radical (unpaired) electrons. The molecule has 1 heterocycles. The van der Waals surface area contributed by atoms with Crippen LogP contribution < -0.4 is 15.8 Å². The Morgan fingerprint density at radius 1 is 1.39 bits per heavy atom. The number of anilines is 2. The summed E-state index contributed by atoms with van der Waals surface area (Å²) < 4.78 is 35.1. The Labute approximate surface area is 172 Å². The van der Waals surface area contributed by atoms with Gasteiger partial charge in [-0.2, -0.15) is 9.37 Å². The number of rotatable bonds is 7. The molecule has 1 atom stereocenters. The van der Waals surface area contributed by atoms with Crippen molar-refractivity contribution in [2.24, 2.45) is 0 Å². The van der Waals surface area contributed by atoms with Crippen molar-refractivity contribution >= 4 is 51.0 Å². The molecule has 0 bridgehead atoms. The van der Waals surface area contributed by atoms with E-state index in [1.54, 1.807) is 13.0 Å². The number of nitrogens with one attached hydrogen (secondary N) is 3. The molecule has 10 heteroatoms. The maximum absolute atomic E-state index is 15.0. The molecule has 0 aliphatic heterocycles. The molecular formula is C18H17F2IN3O4+. The standard InChI is InChI=1S/C18H16F2IN3O4/c1-2-10(7-25)28-24-18(26)11-6-14-17(22-8-27-14)15(20)16(11)23-13-4-3-9(21)5-12(13)19/h3-6,8,10,23,25H,2,7H2,1H3,(H,24,26)/p+1. The number of carbonyl (C=O) groups excluding carboxylic acids is 1. The monoisotopic (exact) mass is 504 g/mol. The van der Waals surface area contributed by atoms with Gasteiger partial charge in [-0.1, -0.05) is 6.92 Å². The van der Waals surface area contributed by atoms with E-state index >= 15 is 4.39 Å². The molecule has 0 aliphatic carbocycles. The first-order valence-corrected chi connectivity index (χ1v) is 9.42. The van der Waals surface area contributed by atoms with Gasteiger partial charge in [0.05, 0.1) is 23.5 Å². The molecule has 0 spiro atoms. The Morgan fingerprint density at radius 3 is 2.86 bits per heavy atom. The minimum absolute atomic E-state index is 0.000998. The summed E-state index contributed by atoms with van der Waals surface area (Å²) in [6.45, 7) is 1.47. The highest BCUT2D eigenvalue weighted by Crippen LogP contribution is 2.31. The lowest BCUT2D eigenvalue weighted by Crippen LogP contribution is -2.31. The van der Waals surface area contributed by atoms with Crippen LogP contribution in [0.4, 0.5) is 20.2 Å². The lowest BCUT2D eigenvalue weighted by atomic mass is 10.1. The molecule has 0 saturated carbocycles. The van der Waals surface area contributed by atoms with Crippen molar-refractivity contribution in [3.8, 4) is 0 Å². The van der Waals surface area contributed by atoms with Crippen molar-refractivity contribution < 1.29 is 32.9 Å². The lowest BCUT2D eigenvalue weighted by Gasteiger charge is -2.16. The quantitative estimate of drug-likeness (QED) is 0.339. The molecule has 3 aromatic rings. The summed E-state index contributed by atoms with van der Waals surface area (Å²) in [5.41, 5.74) is 1.90. The van der Waals surface area contributed by atoms with Crippen molar-refractivity contribution in [1.82, 2.24) is 5.48 Å². The number of H-pyrrole nitrogens is 1. The average Bonchev–Trinajstić information content (AvgIpc) is 3.15. The Bertz CT molecular complexity index is 1010. The molecule has 7 nitrogen and oxygen atoms in total. The summed E-state index contributed by atoms with van der Waals surface area (Å²) in [6, 6.07) is 5.67. The first-order chi connectivity index (χ1) is 13.4. The van der Waals surface area contributed by atoms with Crippen molar-refractivity contribution in [3.63, 3.8) is 0 Å². The van der Waals surface area contributed by atoms with E-state index in [1.165, 1.54) is 24.6 Å². The fourth-order valence-electron chi connectivity index (χ4n) is 2.47. The second kappa shape index (κ2) is 8.80. The van der Waals surface area contributed by atoms with Gasteiger partial charge in [0.25, 0.3) is 11.4 Å². The number of aliphatic hydroxyl groups is 1. The number of benzene rings is 2. The van der Waals surface area contributed by atoms with Crippen molar-refractivity contribution in [2.45, 2.75) is 19.4 Å². The van der Waals surface area contributed by atoms with Gasteiger partial charge in [0, 0.05) is 9.64 Å². The molecule has 1 amide bonds. The van der Waals surface area contributed by atoms with E-state index in [9.17, 15) is 9.18 Å². The van der Waals surface area contributed by atoms with Gasteiger partial charge in [-0.25, -0.2) is 9.87 Å².